The summed E-state index contributed by atoms with van der Waals surface area (Å²) in [5, 5.41) is 24.8. The van der Waals surface area contributed by atoms with E-state index in [1.54, 1.807) is 37.4 Å². The Kier molecular flexibility index (Phi) is 4.64. The lowest BCUT2D eigenvalue weighted by Gasteiger charge is -2.15. The number of rotatable bonds is 4. The highest BCUT2D eigenvalue weighted by atomic mass is 35.5. The highest BCUT2D eigenvalue weighted by molar-refractivity contribution is 6.31. The number of benzene rings is 1. The van der Waals surface area contributed by atoms with E-state index in [1.165, 1.54) is 17.5 Å². The van der Waals surface area contributed by atoms with E-state index in [2.05, 4.69) is 15.1 Å². The first-order valence-corrected chi connectivity index (χ1v) is 7.53. The highest BCUT2D eigenvalue weighted by Crippen LogP contribution is 2.27. The molecule has 0 radical (unpaired) electrons. The first kappa shape index (κ1) is 16.5. The minimum atomic E-state index is -0.0376. The number of nitriles is 1. The number of aliphatic hydroxyl groups excluding tert-OH is 1. The minimum absolute atomic E-state index is 0.0376. The molecule has 0 unspecified atom stereocenters. The van der Waals surface area contributed by atoms with Crippen LogP contribution < -0.4 is 5.01 Å². The monoisotopic (exact) mass is 353 g/mol. The van der Waals surface area contributed by atoms with E-state index in [-0.39, 0.29) is 11.3 Å². The molecule has 0 saturated carbocycles. The van der Waals surface area contributed by atoms with Gasteiger partial charge < -0.3 is 9.52 Å². The summed E-state index contributed by atoms with van der Waals surface area (Å²) in [7, 11) is 1.65. The first-order chi connectivity index (χ1) is 12.1. The van der Waals surface area contributed by atoms with Crippen LogP contribution in [0.15, 0.2) is 52.4 Å². The first-order valence-electron chi connectivity index (χ1n) is 7.15. The lowest BCUT2D eigenvalue weighted by Crippen LogP contribution is -2.14. The predicted molar refractivity (Wildman–Crippen MR) is 95.5 cm³/mol. The summed E-state index contributed by atoms with van der Waals surface area (Å²) in [5.74, 6) is 0.867. The van der Waals surface area contributed by atoms with Gasteiger partial charge in [0.05, 0.1) is 29.8 Å². The van der Waals surface area contributed by atoms with Crippen LogP contribution in [0.2, 0.25) is 5.02 Å². The van der Waals surface area contributed by atoms with Crippen molar-refractivity contribution >= 4 is 40.2 Å². The van der Waals surface area contributed by atoms with Crippen LogP contribution in [0.5, 0.6) is 0 Å². The number of anilines is 1. The average molecular weight is 354 g/mol. The maximum atomic E-state index is 9.34. The minimum Gasteiger partial charge on any atom is -0.514 e. The van der Waals surface area contributed by atoms with Gasteiger partial charge >= 0.3 is 0 Å². The third-order valence-corrected chi connectivity index (χ3v) is 3.56. The lowest BCUT2D eigenvalue weighted by atomic mass is 10.2. The quantitative estimate of drug-likeness (QED) is 0.332. The summed E-state index contributed by atoms with van der Waals surface area (Å²) in [5.41, 5.74) is 1.24. The summed E-state index contributed by atoms with van der Waals surface area (Å²) >= 11 is 5.99. The molecule has 0 saturated heterocycles. The number of allylic oxidation sites excluding steroid dienone is 1. The fourth-order valence-corrected chi connectivity index (χ4v) is 2.30. The van der Waals surface area contributed by atoms with Gasteiger partial charge in [-0.2, -0.15) is 10.4 Å². The van der Waals surface area contributed by atoms with E-state index in [4.69, 9.17) is 16.0 Å². The van der Waals surface area contributed by atoms with Gasteiger partial charge in [-0.15, -0.1) is 0 Å². The van der Waals surface area contributed by atoms with E-state index < -0.39 is 0 Å². The summed E-state index contributed by atoms with van der Waals surface area (Å²) in [6.07, 6.45) is 3.73. The number of aromatic nitrogens is 2. The van der Waals surface area contributed by atoms with Crippen molar-refractivity contribution in [1.82, 2.24) is 9.97 Å². The number of hydrogen-bond acceptors (Lipinski definition) is 7. The van der Waals surface area contributed by atoms with Crippen LogP contribution in [0.25, 0.3) is 16.6 Å². The van der Waals surface area contributed by atoms with Crippen LogP contribution in [-0.4, -0.2) is 28.3 Å². The van der Waals surface area contributed by atoms with Crippen LogP contribution in [0, 0.1) is 11.3 Å². The molecule has 0 aliphatic rings. The average Bonchev–Trinajstić information content (AvgIpc) is 3.13. The number of nitrogens with zero attached hydrogens (tertiary/aromatic N) is 5. The molecule has 2 heterocycles. The Hall–Kier alpha value is -3.37. The second-order valence-electron chi connectivity index (χ2n) is 4.97. The third kappa shape index (κ3) is 3.44. The summed E-state index contributed by atoms with van der Waals surface area (Å²) < 4.78 is 5.19. The van der Waals surface area contributed by atoms with Gasteiger partial charge in [-0.05, 0) is 30.3 Å². The number of hydrazone groups is 1. The molecule has 0 bridgehead atoms. The number of halogens is 1. The molecule has 0 spiro atoms. The molecule has 0 aliphatic heterocycles. The topological polar surface area (TPSA) is 98.5 Å². The van der Waals surface area contributed by atoms with E-state index in [0.717, 1.165) is 0 Å². The largest absolute Gasteiger partial charge is 0.514 e. The van der Waals surface area contributed by atoms with Gasteiger partial charge in [0.15, 0.2) is 5.82 Å². The molecule has 0 fully saturated rings. The Morgan fingerprint density at radius 3 is 2.88 bits per heavy atom. The zero-order valence-electron chi connectivity index (χ0n) is 13.1. The van der Waals surface area contributed by atoms with Crippen LogP contribution in [-0.2, 0) is 0 Å². The van der Waals surface area contributed by atoms with E-state index >= 15 is 0 Å². The van der Waals surface area contributed by atoms with Gasteiger partial charge in [-0.1, -0.05) is 11.6 Å². The summed E-state index contributed by atoms with van der Waals surface area (Å²) in [4.78, 5) is 8.90. The van der Waals surface area contributed by atoms with Gasteiger partial charge in [0.2, 0.25) is 0 Å². The van der Waals surface area contributed by atoms with E-state index in [9.17, 15) is 10.4 Å². The molecule has 1 aromatic carbocycles. The number of aliphatic hydroxyl groups is 1. The Morgan fingerprint density at radius 1 is 1.36 bits per heavy atom. The van der Waals surface area contributed by atoms with Gasteiger partial charge in [0.25, 0.3) is 0 Å². The van der Waals surface area contributed by atoms with Gasteiger partial charge in [-0.25, -0.2) is 15.0 Å². The normalized spacial score (nSPS) is 11.8. The molecular formula is C17H12ClN5O2. The van der Waals surface area contributed by atoms with Crippen LogP contribution >= 0.6 is 11.6 Å². The Bertz CT molecular complexity index is 1010. The smallest absolute Gasteiger partial charge is 0.176 e. The molecule has 1 N–H and O–H groups in total. The zero-order chi connectivity index (χ0) is 17.8. The highest BCUT2D eigenvalue weighted by Gasteiger charge is 2.17. The zero-order valence-corrected chi connectivity index (χ0v) is 13.8. The van der Waals surface area contributed by atoms with Gasteiger partial charge in [0.1, 0.15) is 23.1 Å². The fourth-order valence-electron chi connectivity index (χ4n) is 2.13. The number of furan rings is 1. The Balaban J connectivity index is 2.12. The van der Waals surface area contributed by atoms with Gasteiger partial charge in [-0.3, -0.25) is 0 Å². The second kappa shape index (κ2) is 7.03. The summed E-state index contributed by atoms with van der Waals surface area (Å²) in [6.45, 7) is 0. The molecular weight excluding hydrogens is 342 g/mol. The maximum absolute atomic E-state index is 9.34. The molecule has 7 nitrogen and oxygen atoms in total. The van der Waals surface area contributed by atoms with Crippen LogP contribution in [0.3, 0.4) is 0 Å². The van der Waals surface area contributed by atoms with Crippen molar-refractivity contribution in [3.63, 3.8) is 0 Å². The maximum Gasteiger partial charge on any atom is 0.176 e. The van der Waals surface area contributed by atoms with Crippen molar-refractivity contribution < 1.29 is 9.52 Å². The standard InChI is InChI=1S/C17H12ClN5O2/c1-23(20-9-13-3-2-6-25-13)17-16(11(8-19)10-24)21-15-7-12(18)4-5-14(15)22-17/h2-7,9-10,24H,1H3/b11-10+,20-9+. The van der Waals surface area contributed by atoms with Crippen molar-refractivity contribution in [3.05, 3.63) is 59.3 Å². The van der Waals surface area contributed by atoms with Crippen molar-refractivity contribution in [2.75, 3.05) is 12.1 Å². The van der Waals surface area contributed by atoms with E-state index in [0.29, 0.717) is 33.9 Å². The van der Waals surface area contributed by atoms with E-state index in [1.807, 2.05) is 6.07 Å². The molecule has 25 heavy (non-hydrogen) atoms. The van der Waals surface area contributed by atoms with Crippen molar-refractivity contribution in [2.45, 2.75) is 0 Å². The molecule has 0 aliphatic carbocycles. The van der Waals surface area contributed by atoms with Crippen molar-refractivity contribution in [3.8, 4) is 6.07 Å². The Labute approximate surface area is 148 Å². The number of fused-ring (bicyclic) bond motifs is 1. The fraction of sp³-hybridized carbons (Fsp3) is 0.0588. The number of hydrogen-bond donors (Lipinski definition) is 1. The lowest BCUT2D eigenvalue weighted by molar-refractivity contribution is 0.476. The van der Waals surface area contributed by atoms with Crippen LogP contribution in [0.1, 0.15) is 11.5 Å². The predicted octanol–water partition coefficient (Wildman–Crippen LogP) is 3.77. The molecule has 124 valence electrons. The molecule has 0 amide bonds. The molecule has 2 aromatic heterocycles. The molecule has 8 heteroatoms. The van der Waals surface area contributed by atoms with Gasteiger partial charge in [0, 0.05) is 12.1 Å². The second-order valence-corrected chi connectivity index (χ2v) is 5.40. The summed E-state index contributed by atoms with van der Waals surface area (Å²) in [6, 6.07) is 10.4. The molecule has 3 rings (SSSR count). The SMILES string of the molecule is CN(/N=C/c1ccco1)c1nc2ccc(Cl)cc2nc1/C(C#N)=C/O. The molecule has 0 atom stereocenters. The van der Waals surface area contributed by atoms with Crippen molar-refractivity contribution in [1.29, 1.82) is 5.26 Å². The van der Waals surface area contributed by atoms with Crippen molar-refractivity contribution in [2.24, 2.45) is 5.10 Å². The van der Waals surface area contributed by atoms with Crippen LogP contribution in [0.4, 0.5) is 5.82 Å². The Morgan fingerprint density at radius 2 is 2.20 bits per heavy atom. The molecule has 3 aromatic rings. The third-order valence-electron chi connectivity index (χ3n) is 3.32.